The first-order valence-electron chi connectivity index (χ1n) is 15.5. The van der Waals surface area contributed by atoms with Crippen LogP contribution in [0.3, 0.4) is 0 Å². The lowest BCUT2D eigenvalue weighted by molar-refractivity contribution is 0.100. The number of nitrogens with zero attached hydrogens (tertiary/aromatic N) is 8. The molecule has 0 spiro atoms. The lowest BCUT2D eigenvalue weighted by atomic mass is 10.2. The van der Waals surface area contributed by atoms with Gasteiger partial charge in [0.25, 0.3) is 11.8 Å². The second-order valence-electron chi connectivity index (χ2n) is 11.3. The number of hydrogen-bond donors (Lipinski definition) is 2. The third kappa shape index (κ3) is 6.07. The summed E-state index contributed by atoms with van der Waals surface area (Å²) in [5.74, 6) is 0.156. The van der Waals surface area contributed by atoms with Gasteiger partial charge in [0.2, 0.25) is 11.9 Å². The average molecular weight is 633 g/mol. The maximum absolute atomic E-state index is 13.3. The van der Waals surface area contributed by atoms with E-state index in [0.717, 1.165) is 39.8 Å². The van der Waals surface area contributed by atoms with E-state index in [4.69, 9.17) is 4.98 Å². The normalized spacial score (nSPS) is 11.6. The lowest BCUT2D eigenvalue weighted by Crippen LogP contribution is -2.20. The number of rotatable bonds is 11. The molecule has 13 heteroatoms. The van der Waals surface area contributed by atoms with Gasteiger partial charge in [-0.25, -0.2) is 9.97 Å². The van der Waals surface area contributed by atoms with Crippen LogP contribution in [0.4, 0.5) is 11.9 Å². The van der Waals surface area contributed by atoms with Crippen LogP contribution >= 0.6 is 0 Å². The first kappa shape index (κ1) is 31.1. The topological polar surface area (TPSA) is 147 Å². The zero-order valence-corrected chi connectivity index (χ0v) is 27.0. The molecule has 4 heterocycles. The Morgan fingerprint density at radius 2 is 1.32 bits per heavy atom. The summed E-state index contributed by atoms with van der Waals surface area (Å²) in [5, 5.41) is 14.7. The largest absolute Gasteiger partial charge is 0.306 e. The number of imidazole rings is 2. The number of hydrogen-bond acceptors (Lipinski definition) is 7. The van der Waals surface area contributed by atoms with Crippen LogP contribution < -0.4 is 10.6 Å². The summed E-state index contributed by atoms with van der Waals surface area (Å²) < 4.78 is 7.15. The number of amides is 2. The molecule has 0 radical (unpaired) electrons. The SMILES string of the molecule is CCn1nc(C)cc1C(=O)Nc1nc2cc(C=O)ccc2n1C/C=C/Cn1c(NC(=O)c2cc(C)nn2CC)nc2c(C)cccc21. The number of benzene rings is 2. The molecular weight excluding hydrogens is 596 g/mol. The quantitative estimate of drug-likeness (QED) is 0.145. The van der Waals surface area contributed by atoms with Gasteiger partial charge < -0.3 is 9.13 Å². The van der Waals surface area contributed by atoms with E-state index >= 15 is 0 Å². The number of aryl methyl sites for hydroxylation is 5. The highest BCUT2D eigenvalue weighted by molar-refractivity contribution is 6.04. The molecule has 0 aliphatic carbocycles. The van der Waals surface area contributed by atoms with Crippen LogP contribution in [0.25, 0.3) is 22.1 Å². The van der Waals surface area contributed by atoms with Crippen LogP contribution in [-0.4, -0.2) is 56.8 Å². The summed E-state index contributed by atoms with van der Waals surface area (Å²) in [6.07, 6.45) is 4.71. The number of fused-ring (bicyclic) bond motifs is 2. The molecular formula is C34H36N10O3. The smallest absolute Gasteiger partial charge is 0.276 e. The van der Waals surface area contributed by atoms with Crippen LogP contribution in [0.2, 0.25) is 0 Å². The summed E-state index contributed by atoms with van der Waals surface area (Å²) in [6.45, 7) is 11.5. The number of allylic oxidation sites excluding steroid dienone is 2. The van der Waals surface area contributed by atoms with Crippen molar-refractivity contribution >= 4 is 52.1 Å². The third-order valence-corrected chi connectivity index (χ3v) is 7.95. The standard InChI is InChI=1S/C34H36N10O3/c1-6-43-28(17-22(4)39-43)31(46)37-33-35-25-19-24(20-45)13-14-26(25)41(33)15-8-9-16-42-27-12-10-11-21(3)30(27)36-34(42)38-32(47)29-18-23(5)40-44(29)7-2/h8-14,17-20H,6-7,15-16H2,1-5H3,(H,35,37,46)(H,36,38,47)/b9-8+. The van der Waals surface area contributed by atoms with E-state index in [9.17, 15) is 14.4 Å². The number of carbonyl (C=O) groups excluding carboxylic acids is 3. The number of carbonyl (C=O) groups is 3. The van der Waals surface area contributed by atoms with Gasteiger partial charge in [0.05, 0.1) is 33.5 Å². The highest BCUT2D eigenvalue weighted by Crippen LogP contribution is 2.25. The Morgan fingerprint density at radius 3 is 1.89 bits per heavy atom. The molecule has 6 rings (SSSR count). The average Bonchev–Trinajstić information content (AvgIpc) is 3.82. The van der Waals surface area contributed by atoms with Crippen molar-refractivity contribution in [1.82, 2.24) is 38.7 Å². The molecule has 0 saturated carbocycles. The van der Waals surface area contributed by atoms with E-state index in [0.29, 0.717) is 60.5 Å². The fourth-order valence-electron chi connectivity index (χ4n) is 5.70. The molecule has 0 aliphatic rings. The molecule has 0 bridgehead atoms. The van der Waals surface area contributed by atoms with E-state index in [1.54, 1.807) is 33.6 Å². The van der Waals surface area contributed by atoms with E-state index in [-0.39, 0.29) is 11.8 Å². The molecule has 240 valence electrons. The van der Waals surface area contributed by atoms with Gasteiger partial charge in [-0.05, 0) is 76.6 Å². The second-order valence-corrected chi connectivity index (χ2v) is 11.3. The van der Waals surface area contributed by atoms with Crippen molar-refractivity contribution < 1.29 is 14.4 Å². The van der Waals surface area contributed by atoms with Crippen molar-refractivity contribution in [3.05, 3.63) is 94.6 Å². The van der Waals surface area contributed by atoms with Gasteiger partial charge in [0, 0.05) is 31.7 Å². The van der Waals surface area contributed by atoms with Crippen LogP contribution in [0.15, 0.2) is 60.7 Å². The summed E-state index contributed by atoms with van der Waals surface area (Å²) in [7, 11) is 0. The van der Waals surface area contributed by atoms with Gasteiger partial charge >= 0.3 is 0 Å². The zero-order chi connectivity index (χ0) is 33.2. The van der Waals surface area contributed by atoms with Crippen molar-refractivity contribution in [2.24, 2.45) is 0 Å². The molecule has 4 aromatic heterocycles. The van der Waals surface area contributed by atoms with Gasteiger partial charge in [0.15, 0.2) is 0 Å². The van der Waals surface area contributed by atoms with Crippen molar-refractivity contribution in [3.63, 3.8) is 0 Å². The van der Waals surface area contributed by atoms with Crippen LogP contribution in [0, 0.1) is 20.8 Å². The summed E-state index contributed by atoms with van der Waals surface area (Å²) in [5.41, 5.74) is 6.92. The first-order valence-corrected chi connectivity index (χ1v) is 15.5. The predicted octanol–water partition coefficient (Wildman–Crippen LogP) is 5.32. The van der Waals surface area contributed by atoms with E-state index in [1.807, 2.05) is 80.2 Å². The Morgan fingerprint density at radius 1 is 0.745 bits per heavy atom. The number of nitrogens with one attached hydrogen (secondary N) is 2. The molecule has 13 nitrogen and oxygen atoms in total. The lowest BCUT2D eigenvalue weighted by Gasteiger charge is -2.10. The number of aldehydes is 1. The molecule has 6 aromatic rings. The Bertz CT molecular complexity index is 2180. The molecule has 2 aromatic carbocycles. The highest BCUT2D eigenvalue weighted by Gasteiger charge is 2.20. The summed E-state index contributed by atoms with van der Waals surface area (Å²) >= 11 is 0. The Balaban J connectivity index is 1.29. The van der Waals surface area contributed by atoms with E-state index in [1.165, 1.54) is 0 Å². The molecule has 0 fully saturated rings. The van der Waals surface area contributed by atoms with Gasteiger partial charge in [0.1, 0.15) is 17.7 Å². The molecule has 2 N–H and O–H groups in total. The van der Waals surface area contributed by atoms with Crippen LogP contribution in [0.5, 0.6) is 0 Å². The third-order valence-electron chi connectivity index (χ3n) is 7.95. The van der Waals surface area contributed by atoms with Gasteiger partial charge in [-0.2, -0.15) is 10.2 Å². The van der Waals surface area contributed by atoms with Crippen LogP contribution in [-0.2, 0) is 26.2 Å². The first-order chi connectivity index (χ1) is 22.7. The number of aromatic nitrogens is 8. The Kier molecular flexibility index (Phi) is 8.53. The minimum Gasteiger partial charge on any atom is -0.306 e. The van der Waals surface area contributed by atoms with Crippen LogP contribution in [0.1, 0.15) is 62.1 Å². The monoisotopic (exact) mass is 632 g/mol. The molecule has 0 saturated heterocycles. The van der Waals surface area contributed by atoms with Crippen molar-refractivity contribution in [3.8, 4) is 0 Å². The fraction of sp³-hybridized carbons (Fsp3) is 0.265. The Hall–Kier alpha value is -5.85. The predicted molar refractivity (Wildman–Crippen MR) is 180 cm³/mol. The number of anilines is 2. The van der Waals surface area contributed by atoms with Crippen molar-refractivity contribution in [2.45, 2.75) is 60.8 Å². The van der Waals surface area contributed by atoms with Gasteiger partial charge in [-0.1, -0.05) is 24.3 Å². The summed E-state index contributed by atoms with van der Waals surface area (Å²) in [4.78, 5) is 47.6. The van der Waals surface area contributed by atoms with Gasteiger partial charge in [-0.15, -0.1) is 0 Å². The maximum atomic E-state index is 13.3. The maximum Gasteiger partial charge on any atom is 0.276 e. The molecule has 0 atom stereocenters. The highest BCUT2D eigenvalue weighted by atomic mass is 16.2. The number of para-hydroxylation sites is 1. The van der Waals surface area contributed by atoms with E-state index in [2.05, 4.69) is 25.8 Å². The molecule has 2 amide bonds. The van der Waals surface area contributed by atoms with Gasteiger partial charge in [-0.3, -0.25) is 34.4 Å². The summed E-state index contributed by atoms with van der Waals surface area (Å²) in [6, 6.07) is 14.7. The second kappa shape index (κ2) is 12.9. The Labute approximate surface area is 270 Å². The van der Waals surface area contributed by atoms with Crippen molar-refractivity contribution in [1.29, 1.82) is 0 Å². The fourth-order valence-corrected chi connectivity index (χ4v) is 5.70. The van der Waals surface area contributed by atoms with E-state index < -0.39 is 0 Å². The molecule has 47 heavy (non-hydrogen) atoms. The molecule has 0 aliphatic heterocycles. The minimum absolute atomic E-state index is 0.287. The molecule has 0 unspecified atom stereocenters. The zero-order valence-electron chi connectivity index (χ0n) is 27.0. The minimum atomic E-state index is -0.330. The van der Waals surface area contributed by atoms with Crippen molar-refractivity contribution in [2.75, 3.05) is 10.6 Å².